The standard InChI is InChI=1S/C14H17N3O5S/c1-2-9-8-22-6-5-17(9)23(20,21)10-3-4-11-12(7-10)16-14(19)13(18)15-11/h3-4,7,9H,2,5-6,8H2,1H3,(H,15,18)(H,16,19)/t9-/m0/s1. The molecule has 1 atom stereocenters. The van der Waals surface area contributed by atoms with Crippen LogP contribution in [0.2, 0.25) is 0 Å². The van der Waals surface area contributed by atoms with Gasteiger partial charge in [0.1, 0.15) is 0 Å². The number of fused-ring (bicyclic) bond motifs is 1. The van der Waals surface area contributed by atoms with Gasteiger partial charge in [-0.1, -0.05) is 6.92 Å². The first-order valence-corrected chi connectivity index (χ1v) is 8.73. The third-order valence-electron chi connectivity index (χ3n) is 3.95. The predicted octanol–water partition coefficient (Wildman–Crippen LogP) is 0.0159. The average Bonchev–Trinajstić information content (AvgIpc) is 2.55. The predicted molar refractivity (Wildman–Crippen MR) is 84.0 cm³/mol. The summed E-state index contributed by atoms with van der Waals surface area (Å²) in [5, 5.41) is 0. The van der Waals surface area contributed by atoms with Crippen LogP contribution in [0.5, 0.6) is 0 Å². The lowest BCUT2D eigenvalue weighted by molar-refractivity contribution is 0.0314. The Morgan fingerprint density at radius 1 is 1.22 bits per heavy atom. The summed E-state index contributed by atoms with van der Waals surface area (Å²) in [6, 6.07) is 4.05. The maximum atomic E-state index is 12.9. The first kappa shape index (κ1) is 15.9. The largest absolute Gasteiger partial charge is 0.378 e. The summed E-state index contributed by atoms with van der Waals surface area (Å²) in [6.45, 7) is 2.92. The van der Waals surface area contributed by atoms with Crippen molar-refractivity contribution in [1.82, 2.24) is 14.3 Å². The lowest BCUT2D eigenvalue weighted by atomic mass is 10.2. The Bertz CT molecular complexity index is 947. The zero-order valence-corrected chi connectivity index (χ0v) is 13.4. The molecule has 1 saturated heterocycles. The summed E-state index contributed by atoms with van der Waals surface area (Å²) in [6.07, 6.45) is 0.650. The highest BCUT2D eigenvalue weighted by Crippen LogP contribution is 2.23. The van der Waals surface area contributed by atoms with Gasteiger partial charge in [0.2, 0.25) is 10.0 Å². The van der Waals surface area contributed by atoms with E-state index in [4.69, 9.17) is 4.74 Å². The minimum Gasteiger partial charge on any atom is -0.378 e. The van der Waals surface area contributed by atoms with Gasteiger partial charge in [0.05, 0.1) is 29.1 Å². The maximum Gasteiger partial charge on any atom is 0.314 e. The van der Waals surface area contributed by atoms with Gasteiger partial charge in [-0.25, -0.2) is 8.42 Å². The number of ether oxygens (including phenoxy) is 1. The van der Waals surface area contributed by atoms with Crippen molar-refractivity contribution < 1.29 is 13.2 Å². The van der Waals surface area contributed by atoms with Gasteiger partial charge in [-0.3, -0.25) is 9.59 Å². The van der Waals surface area contributed by atoms with Gasteiger partial charge in [-0.15, -0.1) is 0 Å². The minimum absolute atomic E-state index is 0.0769. The van der Waals surface area contributed by atoms with Crippen molar-refractivity contribution in [2.45, 2.75) is 24.3 Å². The summed E-state index contributed by atoms with van der Waals surface area (Å²) >= 11 is 0. The highest BCUT2D eigenvalue weighted by Gasteiger charge is 2.33. The van der Waals surface area contributed by atoms with Crippen molar-refractivity contribution in [2.75, 3.05) is 19.8 Å². The number of H-pyrrole nitrogens is 2. The second-order valence-electron chi connectivity index (χ2n) is 5.37. The molecule has 2 aromatic rings. The zero-order valence-electron chi connectivity index (χ0n) is 12.5. The number of aromatic nitrogens is 2. The van der Waals surface area contributed by atoms with Crippen LogP contribution in [0.15, 0.2) is 32.7 Å². The molecule has 9 heteroatoms. The molecule has 2 heterocycles. The van der Waals surface area contributed by atoms with E-state index in [0.29, 0.717) is 31.7 Å². The number of benzene rings is 1. The van der Waals surface area contributed by atoms with Crippen LogP contribution >= 0.6 is 0 Å². The van der Waals surface area contributed by atoms with E-state index in [-0.39, 0.29) is 16.5 Å². The van der Waals surface area contributed by atoms with E-state index >= 15 is 0 Å². The average molecular weight is 339 g/mol. The van der Waals surface area contributed by atoms with E-state index in [1.54, 1.807) is 0 Å². The van der Waals surface area contributed by atoms with Crippen molar-refractivity contribution in [3.63, 3.8) is 0 Å². The Morgan fingerprint density at radius 2 is 1.91 bits per heavy atom. The summed E-state index contributed by atoms with van der Waals surface area (Å²) in [5.41, 5.74) is -0.934. The van der Waals surface area contributed by atoms with Crippen molar-refractivity contribution in [1.29, 1.82) is 0 Å². The van der Waals surface area contributed by atoms with E-state index in [2.05, 4.69) is 9.97 Å². The molecule has 2 N–H and O–H groups in total. The Hall–Kier alpha value is -1.97. The smallest absolute Gasteiger partial charge is 0.314 e. The van der Waals surface area contributed by atoms with E-state index in [9.17, 15) is 18.0 Å². The molecule has 1 aliphatic rings. The lowest BCUT2D eigenvalue weighted by Gasteiger charge is -2.33. The molecule has 0 saturated carbocycles. The van der Waals surface area contributed by atoms with E-state index in [1.807, 2.05) is 6.92 Å². The summed E-state index contributed by atoms with van der Waals surface area (Å²) in [5.74, 6) is 0. The van der Waals surface area contributed by atoms with Gasteiger partial charge >= 0.3 is 11.1 Å². The van der Waals surface area contributed by atoms with Gasteiger partial charge in [0.25, 0.3) is 0 Å². The molecule has 0 amide bonds. The molecule has 1 aromatic heterocycles. The van der Waals surface area contributed by atoms with Gasteiger partial charge in [0, 0.05) is 12.6 Å². The normalized spacial score (nSPS) is 20.0. The quantitative estimate of drug-likeness (QED) is 0.765. The van der Waals surface area contributed by atoms with Gasteiger partial charge in [-0.2, -0.15) is 4.31 Å². The number of nitrogens with one attached hydrogen (secondary N) is 2. The number of nitrogens with zero attached hydrogens (tertiary/aromatic N) is 1. The third kappa shape index (κ3) is 2.82. The van der Waals surface area contributed by atoms with Crippen LogP contribution in [0.3, 0.4) is 0 Å². The van der Waals surface area contributed by atoms with Gasteiger partial charge in [-0.05, 0) is 24.6 Å². The topological polar surface area (TPSA) is 112 Å². The number of aromatic amines is 2. The number of hydrogen-bond donors (Lipinski definition) is 2. The lowest BCUT2D eigenvalue weighted by Crippen LogP contribution is -2.48. The fourth-order valence-electron chi connectivity index (χ4n) is 2.67. The highest BCUT2D eigenvalue weighted by molar-refractivity contribution is 7.89. The second-order valence-corrected chi connectivity index (χ2v) is 7.26. The molecule has 3 rings (SSSR count). The van der Waals surface area contributed by atoms with Gasteiger partial charge < -0.3 is 14.7 Å². The van der Waals surface area contributed by atoms with Crippen molar-refractivity contribution >= 4 is 21.1 Å². The van der Waals surface area contributed by atoms with Crippen LogP contribution in [-0.4, -0.2) is 48.5 Å². The fourth-order valence-corrected chi connectivity index (χ4v) is 4.36. The first-order chi connectivity index (χ1) is 10.9. The minimum atomic E-state index is -3.70. The third-order valence-corrected chi connectivity index (χ3v) is 5.89. The van der Waals surface area contributed by atoms with Crippen LogP contribution in [0, 0.1) is 0 Å². The van der Waals surface area contributed by atoms with E-state index < -0.39 is 21.1 Å². The second kappa shape index (κ2) is 5.91. The summed E-state index contributed by atoms with van der Waals surface area (Å²) in [7, 11) is -3.70. The highest BCUT2D eigenvalue weighted by atomic mass is 32.2. The molecule has 0 spiro atoms. The number of rotatable bonds is 3. The molecular formula is C14H17N3O5S. The summed E-state index contributed by atoms with van der Waals surface area (Å²) < 4.78 is 32.5. The molecule has 0 unspecified atom stereocenters. The molecule has 0 radical (unpaired) electrons. The molecule has 23 heavy (non-hydrogen) atoms. The Labute approximate surface area is 132 Å². The zero-order chi connectivity index (χ0) is 16.6. The Balaban J connectivity index is 2.09. The van der Waals surface area contributed by atoms with Crippen LogP contribution < -0.4 is 11.1 Å². The molecule has 1 fully saturated rings. The molecule has 0 bridgehead atoms. The molecule has 1 aromatic carbocycles. The molecule has 1 aliphatic heterocycles. The number of hydrogen-bond acceptors (Lipinski definition) is 5. The van der Waals surface area contributed by atoms with Crippen molar-refractivity contribution in [3.05, 3.63) is 38.9 Å². The Morgan fingerprint density at radius 3 is 2.61 bits per heavy atom. The molecule has 124 valence electrons. The molecular weight excluding hydrogens is 322 g/mol. The van der Waals surface area contributed by atoms with Crippen LogP contribution in [-0.2, 0) is 14.8 Å². The SMILES string of the molecule is CC[C@H]1COCCN1S(=O)(=O)c1ccc2[nH]c(=O)c(=O)[nH]c2c1. The monoisotopic (exact) mass is 339 g/mol. The summed E-state index contributed by atoms with van der Waals surface area (Å²) in [4.78, 5) is 27.6. The number of morpholine rings is 1. The Kier molecular flexibility index (Phi) is 4.09. The van der Waals surface area contributed by atoms with Crippen molar-refractivity contribution in [3.8, 4) is 0 Å². The number of sulfonamides is 1. The van der Waals surface area contributed by atoms with Crippen LogP contribution in [0.4, 0.5) is 0 Å². The van der Waals surface area contributed by atoms with Crippen molar-refractivity contribution in [2.24, 2.45) is 0 Å². The molecule has 8 nitrogen and oxygen atoms in total. The first-order valence-electron chi connectivity index (χ1n) is 7.29. The van der Waals surface area contributed by atoms with Gasteiger partial charge in [0.15, 0.2) is 0 Å². The van der Waals surface area contributed by atoms with Crippen LogP contribution in [0.1, 0.15) is 13.3 Å². The van der Waals surface area contributed by atoms with E-state index in [0.717, 1.165) is 0 Å². The van der Waals surface area contributed by atoms with E-state index in [1.165, 1.54) is 22.5 Å². The maximum absolute atomic E-state index is 12.9. The van der Waals surface area contributed by atoms with Crippen LogP contribution in [0.25, 0.3) is 11.0 Å². The molecule has 0 aliphatic carbocycles. The fraction of sp³-hybridized carbons (Fsp3) is 0.429.